The van der Waals surface area contributed by atoms with E-state index in [9.17, 15) is 0 Å². The summed E-state index contributed by atoms with van der Waals surface area (Å²) in [5.74, 6) is 0. The molecule has 0 aliphatic carbocycles. The number of likely N-dealkylation sites (N-methyl/N-ethyl adjacent to an activating group) is 1. The van der Waals surface area contributed by atoms with Gasteiger partial charge in [-0.2, -0.15) is 0 Å². The summed E-state index contributed by atoms with van der Waals surface area (Å²) in [5.41, 5.74) is 8.70. The summed E-state index contributed by atoms with van der Waals surface area (Å²) in [5, 5.41) is 11.0. The van der Waals surface area contributed by atoms with Gasteiger partial charge in [-0.3, -0.25) is 4.98 Å². The first-order chi connectivity index (χ1) is 8.13. The first-order valence-corrected chi connectivity index (χ1v) is 5.60. The van der Waals surface area contributed by atoms with Crippen LogP contribution < -0.4 is 10.6 Å². The number of anilines is 2. The number of hydrogen-bond acceptors (Lipinski definition) is 4. The smallest absolute Gasteiger partial charge is 0.0606 e. The molecule has 1 aromatic carbocycles. The number of nitrogen functional groups attached to an aromatic ring is 1. The Morgan fingerprint density at radius 3 is 2.82 bits per heavy atom. The van der Waals surface area contributed by atoms with Gasteiger partial charge in [0, 0.05) is 47.6 Å². The Morgan fingerprint density at radius 2 is 2.12 bits per heavy atom. The number of benzene rings is 1. The number of rotatable bonds is 3. The van der Waals surface area contributed by atoms with Crippen LogP contribution in [-0.2, 0) is 0 Å². The highest BCUT2D eigenvalue weighted by Crippen LogP contribution is 2.30. The number of aryl methyl sites for hydroxylation is 1. The zero-order chi connectivity index (χ0) is 12.4. The van der Waals surface area contributed by atoms with Crippen molar-refractivity contribution in [3.05, 3.63) is 30.1 Å². The lowest BCUT2D eigenvalue weighted by molar-refractivity contribution is 0.304. The first kappa shape index (κ1) is 11.7. The highest BCUT2D eigenvalue weighted by Gasteiger charge is 2.08. The number of nitrogens with two attached hydrogens (primary N) is 1. The van der Waals surface area contributed by atoms with Gasteiger partial charge in [-0.15, -0.1) is 0 Å². The van der Waals surface area contributed by atoms with Crippen molar-refractivity contribution >= 4 is 22.1 Å². The van der Waals surface area contributed by atoms with E-state index < -0.39 is 0 Å². The normalized spacial score (nSPS) is 10.8. The van der Waals surface area contributed by atoms with Crippen molar-refractivity contribution in [3.8, 4) is 0 Å². The van der Waals surface area contributed by atoms with Crippen molar-refractivity contribution in [2.45, 2.75) is 6.92 Å². The SMILES string of the molecule is Cc1cc2c(N(C)CCO)ccc(N)c2cn1. The Hall–Kier alpha value is -1.81. The van der Waals surface area contributed by atoms with Crippen molar-refractivity contribution in [2.24, 2.45) is 0 Å². The molecular weight excluding hydrogens is 214 g/mol. The van der Waals surface area contributed by atoms with E-state index in [1.165, 1.54) is 0 Å². The lowest BCUT2D eigenvalue weighted by atomic mass is 10.1. The van der Waals surface area contributed by atoms with Crippen molar-refractivity contribution in [1.82, 2.24) is 4.98 Å². The summed E-state index contributed by atoms with van der Waals surface area (Å²) in [7, 11) is 1.96. The fourth-order valence-corrected chi connectivity index (χ4v) is 1.95. The van der Waals surface area contributed by atoms with Gasteiger partial charge in [0.2, 0.25) is 0 Å². The third kappa shape index (κ3) is 2.17. The molecule has 17 heavy (non-hydrogen) atoms. The van der Waals surface area contributed by atoms with E-state index >= 15 is 0 Å². The molecule has 0 aliphatic rings. The van der Waals surface area contributed by atoms with Crippen molar-refractivity contribution in [3.63, 3.8) is 0 Å². The minimum Gasteiger partial charge on any atom is -0.398 e. The lowest BCUT2D eigenvalue weighted by Gasteiger charge is -2.20. The molecule has 0 fully saturated rings. The largest absolute Gasteiger partial charge is 0.398 e. The Bertz CT molecular complexity index is 539. The second kappa shape index (κ2) is 4.59. The van der Waals surface area contributed by atoms with Crippen LogP contribution in [0.5, 0.6) is 0 Å². The molecule has 2 rings (SSSR count). The van der Waals surface area contributed by atoms with E-state index in [0.29, 0.717) is 6.54 Å². The van der Waals surface area contributed by atoms with E-state index in [1.54, 1.807) is 6.20 Å². The van der Waals surface area contributed by atoms with Gasteiger partial charge in [-0.1, -0.05) is 0 Å². The van der Waals surface area contributed by atoms with Gasteiger partial charge >= 0.3 is 0 Å². The Labute approximate surface area is 101 Å². The van der Waals surface area contributed by atoms with Crippen LogP contribution in [-0.4, -0.2) is 30.3 Å². The number of aromatic nitrogens is 1. The molecular formula is C13H17N3O. The van der Waals surface area contributed by atoms with Crippen LogP contribution in [0.25, 0.3) is 10.8 Å². The third-order valence-electron chi connectivity index (χ3n) is 2.90. The molecule has 0 saturated carbocycles. The number of nitrogens with zero attached hydrogens (tertiary/aromatic N) is 2. The Balaban J connectivity index is 2.63. The number of aliphatic hydroxyl groups is 1. The van der Waals surface area contributed by atoms with E-state index in [1.807, 2.05) is 37.1 Å². The molecule has 4 heteroatoms. The van der Waals surface area contributed by atoms with E-state index in [0.717, 1.165) is 27.8 Å². The third-order valence-corrected chi connectivity index (χ3v) is 2.90. The topological polar surface area (TPSA) is 62.4 Å². The molecule has 90 valence electrons. The molecule has 4 nitrogen and oxygen atoms in total. The average Bonchev–Trinajstić information content (AvgIpc) is 2.29. The van der Waals surface area contributed by atoms with Gasteiger partial charge in [0.25, 0.3) is 0 Å². The Morgan fingerprint density at radius 1 is 1.35 bits per heavy atom. The second-order valence-electron chi connectivity index (χ2n) is 4.19. The molecule has 0 saturated heterocycles. The molecule has 2 aromatic rings. The highest BCUT2D eigenvalue weighted by molar-refractivity contribution is 6.01. The second-order valence-corrected chi connectivity index (χ2v) is 4.19. The van der Waals surface area contributed by atoms with E-state index in [-0.39, 0.29) is 6.61 Å². The summed E-state index contributed by atoms with van der Waals surface area (Å²) in [6.45, 7) is 2.69. The maximum atomic E-state index is 9.00. The molecule has 0 radical (unpaired) electrons. The van der Waals surface area contributed by atoms with E-state index in [4.69, 9.17) is 10.8 Å². The van der Waals surface area contributed by atoms with Gasteiger partial charge in [0.1, 0.15) is 0 Å². The first-order valence-electron chi connectivity index (χ1n) is 5.60. The number of pyridine rings is 1. The molecule has 0 aliphatic heterocycles. The van der Waals surface area contributed by atoms with Crippen molar-refractivity contribution in [2.75, 3.05) is 30.8 Å². The predicted molar refractivity (Wildman–Crippen MR) is 71.2 cm³/mol. The standard InChI is InChI=1S/C13H17N3O/c1-9-7-10-11(8-15-9)12(14)3-4-13(10)16(2)5-6-17/h3-4,7-8,17H,5-6,14H2,1-2H3. The fraction of sp³-hybridized carbons (Fsp3) is 0.308. The Kier molecular flexibility index (Phi) is 3.15. The lowest BCUT2D eigenvalue weighted by Crippen LogP contribution is -2.21. The van der Waals surface area contributed by atoms with Crippen molar-refractivity contribution < 1.29 is 5.11 Å². The van der Waals surface area contributed by atoms with Crippen LogP contribution in [0.1, 0.15) is 5.69 Å². The van der Waals surface area contributed by atoms with Gasteiger partial charge in [0.15, 0.2) is 0 Å². The van der Waals surface area contributed by atoms with Crippen molar-refractivity contribution in [1.29, 1.82) is 0 Å². The van der Waals surface area contributed by atoms with Crippen LogP contribution in [0.3, 0.4) is 0 Å². The summed E-state index contributed by atoms with van der Waals surface area (Å²) in [6, 6.07) is 5.88. The van der Waals surface area contributed by atoms with Crippen LogP contribution >= 0.6 is 0 Å². The minimum absolute atomic E-state index is 0.131. The van der Waals surface area contributed by atoms with Crippen LogP contribution in [0.4, 0.5) is 11.4 Å². The van der Waals surface area contributed by atoms with Gasteiger partial charge < -0.3 is 15.7 Å². The number of aliphatic hydroxyl groups excluding tert-OH is 1. The molecule has 0 amide bonds. The zero-order valence-corrected chi connectivity index (χ0v) is 10.1. The summed E-state index contributed by atoms with van der Waals surface area (Å²) < 4.78 is 0. The molecule has 0 unspecified atom stereocenters. The summed E-state index contributed by atoms with van der Waals surface area (Å²) >= 11 is 0. The monoisotopic (exact) mass is 231 g/mol. The number of hydrogen-bond donors (Lipinski definition) is 2. The predicted octanol–water partition coefficient (Wildman–Crippen LogP) is 1.55. The molecule has 0 bridgehead atoms. The summed E-state index contributed by atoms with van der Waals surface area (Å²) in [4.78, 5) is 6.28. The minimum atomic E-state index is 0.131. The molecule has 0 atom stereocenters. The zero-order valence-electron chi connectivity index (χ0n) is 10.1. The molecule has 1 heterocycles. The summed E-state index contributed by atoms with van der Waals surface area (Å²) in [6.07, 6.45) is 1.80. The number of fused-ring (bicyclic) bond motifs is 1. The molecule has 1 aromatic heterocycles. The van der Waals surface area contributed by atoms with Crippen LogP contribution in [0.2, 0.25) is 0 Å². The quantitative estimate of drug-likeness (QED) is 0.787. The maximum absolute atomic E-state index is 9.00. The van der Waals surface area contributed by atoms with Gasteiger partial charge in [-0.25, -0.2) is 0 Å². The fourth-order valence-electron chi connectivity index (χ4n) is 1.95. The van der Waals surface area contributed by atoms with Crippen LogP contribution in [0.15, 0.2) is 24.4 Å². The van der Waals surface area contributed by atoms with Gasteiger partial charge in [-0.05, 0) is 25.1 Å². The highest BCUT2D eigenvalue weighted by atomic mass is 16.3. The van der Waals surface area contributed by atoms with Gasteiger partial charge in [0.05, 0.1) is 6.61 Å². The maximum Gasteiger partial charge on any atom is 0.0606 e. The van der Waals surface area contributed by atoms with Crippen LogP contribution in [0, 0.1) is 6.92 Å². The average molecular weight is 231 g/mol. The molecule has 3 N–H and O–H groups in total. The van der Waals surface area contributed by atoms with E-state index in [2.05, 4.69) is 4.98 Å². The molecule has 0 spiro atoms.